The van der Waals surface area contributed by atoms with Crippen LogP contribution in [0.4, 0.5) is 5.69 Å². The van der Waals surface area contributed by atoms with Gasteiger partial charge in [0.15, 0.2) is 0 Å². The Balaban J connectivity index is 2.03. The molecule has 2 N–H and O–H groups in total. The Morgan fingerprint density at radius 3 is 2.54 bits per heavy atom. The summed E-state index contributed by atoms with van der Waals surface area (Å²) < 4.78 is 10.3. The predicted octanol–water partition coefficient (Wildman–Crippen LogP) is 3.10. The Morgan fingerprint density at radius 2 is 1.85 bits per heavy atom. The summed E-state index contributed by atoms with van der Waals surface area (Å²) in [6.45, 7) is 0. The van der Waals surface area contributed by atoms with Crippen molar-refractivity contribution in [3.63, 3.8) is 0 Å². The Morgan fingerprint density at radius 1 is 1.08 bits per heavy atom. The lowest BCUT2D eigenvalue weighted by molar-refractivity contribution is -0.136. The van der Waals surface area contributed by atoms with Gasteiger partial charge in [0, 0.05) is 5.56 Å². The highest BCUT2D eigenvalue weighted by Crippen LogP contribution is 2.29. The fourth-order valence-electron chi connectivity index (χ4n) is 1.93. The van der Waals surface area contributed by atoms with Gasteiger partial charge in [0.2, 0.25) is 0 Å². The third kappa shape index (κ3) is 4.87. The largest absolute Gasteiger partial charge is 0.497 e. The van der Waals surface area contributed by atoms with E-state index in [4.69, 9.17) is 32.7 Å². The molecule has 0 aromatic heterocycles. The van der Waals surface area contributed by atoms with Gasteiger partial charge in [-0.25, -0.2) is 5.43 Å². The zero-order chi connectivity index (χ0) is 19.1. The van der Waals surface area contributed by atoms with Gasteiger partial charge in [0.05, 0.1) is 36.2 Å². The van der Waals surface area contributed by atoms with Gasteiger partial charge < -0.3 is 14.8 Å². The van der Waals surface area contributed by atoms with Crippen LogP contribution in [-0.4, -0.2) is 32.2 Å². The van der Waals surface area contributed by atoms with E-state index in [-0.39, 0.29) is 15.7 Å². The molecule has 0 heterocycles. The van der Waals surface area contributed by atoms with Gasteiger partial charge in [-0.1, -0.05) is 29.3 Å². The van der Waals surface area contributed by atoms with Gasteiger partial charge in [-0.05, 0) is 30.3 Å². The number of rotatable bonds is 5. The van der Waals surface area contributed by atoms with Gasteiger partial charge in [0.25, 0.3) is 0 Å². The van der Waals surface area contributed by atoms with Crippen LogP contribution in [0, 0.1) is 0 Å². The lowest BCUT2D eigenvalue weighted by Gasteiger charge is -2.08. The summed E-state index contributed by atoms with van der Waals surface area (Å²) in [5.74, 6) is -0.797. The predicted molar refractivity (Wildman–Crippen MR) is 100 cm³/mol. The first kappa shape index (κ1) is 19.6. The molecule has 0 fully saturated rings. The van der Waals surface area contributed by atoms with Crippen molar-refractivity contribution < 1.29 is 19.1 Å². The van der Waals surface area contributed by atoms with Crippen LogP contribution in [0.2, 0.25) is 10.0 Å². The van der Waals surface area contributed by atoms with E-state index in [0.29, 0.717) is 17.1 Å². The van der Waals surface area contributed by atoms with Crippen molar-refractivity contribution in [2.75, 3.05) is 19.5 Å². The molecule has 0 spiro atoms. The number of carbonyl (C=O) groups is 2. The minimum atomic E-state index is -0.973. The molecule has 0 atom stereocenters. The minimum absolute atomic E-state index is 0.139. The van der Waals surface area contributed by atoms with Crippen molar-refractivity contribution in [2.45, 2.75) is 0 Å². The molecule has 2 aromatic carbocycles. The first-order valence-corrected chi connectivity index (χ1v) is 8.02. The summed E-state index contributed by atoms with van der Waals surface area (Å²) in [6.07, 6.45) is 1.33. The highest BCUT2D eigenvalue weighted by Gasteiger charge is 2.15. The van der Waals surface area contributed by atoms with Crippen molar-refractivity contribution in [1.82, 2.24) is 5.43 Å². The molecule has 9 heteroatoms. The summed E-state index contributed by atoms with van der Waals surface area (Å²) in [5, 5.41) is 6.50. The van der Waals surface area contributed by atoms with Crippen LogP contribution in [0.15, 0.2) is 41.5 Å². The molecular formula is C17H15Cl2N3O4. The average Bonchev–Trinajstić information content (AvgIpc) is 2.65. The Bertz CT molecular complexity index is 856. The van der Waals surface area contributed by atoms with Crippen LogP contribution >= 0.6 is 23.2 Å². The number of anilines is 1. The van der Waals surface area contributed by atoms with E-state index in [9.17, 15) is 9.59 Å². The molecule has 2 amide bonds. The molecule has 0 unspecified atom stereocenters. The van der Waals surface area contributed by atoms with Crippen molar-refractivity contribution >= 4 is 46.9 Å². The van der Waals surface area contributed by atoms with E-state index in [1.54, 1.807) is 30.3 Å². The second-order valence-corrected chi connectivity index (χ2v) is 5.65. The number of methoxy groups -OCH3 is 2. The number of amides is 2. The van der Waals surface area contributed by atoms with E-state index < -0.39 is 11.8 Å². The van der Waals surface area contributed by atoms with Crippen molar-refractivity contribution in [2.24, 2.45) is 5.10 Å². The third-order valence-electron chi connectivity index (χ3n) is 3.21. The molecule has 7 nitrogen and oxygen atoms in total. The monoisotopic (exact) mass is 395 g/mol. The van der Waals surface area contributed by atoms with Crippen LogP contribution in [0.25, 0.3) is 0 Å². The smallest absolute Gasteiger partial charge is 0.329 e. The number of hydrazone groups is 1. The topological polar surface area (TPSA) is 89.0 Å². The van der Waals surface area contributed by atoms with E-state index in [1.165, 1.54) is 26.5 Å². The highest BCUT2D eigenvalue weighted by atomic mass is 35.5. The molecule has 0 aliphatic rings. The van der Waals surface area contributed by atoms with Gasteiger partial charge >= 0.3 is 11.8 Å². The standard InChI is InChI=1S/C17H15Cl2N3O4/c1-25-11-6-7-14(26-2)10(8-11)9-20-22-17(24)16(23)21-13-5-3-4-12(18)15(13)19/h3-9H,1-2H3,(H,21,23)(H,22,24)/b20-9-. The summed E-state index contributed by atoms with van der Waals surface area (Å²) in [7, 11) is 3.02. The van der Waals surface area contributed by atoms with Gasteiger partial charge in [-0.2, -0.15) is 5.10 Å². The number of hydrogen-bond acceptors (Lipinski definition) is 5. The van der Waals surface area contributed by atoms with Crippen LogP contribution in [0.3, 0.4) is 0 Å². The molecule has 0 aliphatic heterocycles. The number of nitrogens with zero attached hydrogens (tertiary/aromatic N) is 1. The first-order chi connectivity index (χ1) is 12.5. The number of hydrogen-bond donors (Lipinski definition) is 2. The Kier molecular flexibility index (Phi) is 6.82. The lowest BCUT2D eigenvalue weighted by atomic mass is 10.2. The van der Waals surface area contributed by atoms with Crippen LogP contribution < -0.4 is 20.2 Å². The molecule has 2 rings (SSSR count). The fourth-order valence-corrected chi connectivity index (χ4v) is 2.28. The summed E-state index contributed by atoms with van der Waals surface area (Å²) in [5.41, 5.74) is 2.90. The molecule has 0 radical (unpaired) electrons. The molecule has 26 heavy (non-hydrogen) atoms. The summed E-state index contributed by atoms with van der Waals surface area (Å²) in [6, 6.07) is 9.75. The maximum absolute atomic E-state index is 11.9. The van der Waals surface area contributed by atoms with E-state index in [2.05, 4.69) is 15.8 Å². The second kappa shape index (κ2) is 9.07. The number of ether oxygens (including phenoxy) is 2. The van der Waals surface area contributed by atoms with Crippen LogP contribution in [-0.2, 0) is 9.59 Å². The number of nitrogens with one attached hydrogen (secondary N) is 2. The molecule has 0 bridgehead atoms. The third-order valence-corrected chi connectivity index (χ3v) is 4.03. The summed E-state index contributed by atoms with van der Waals surface area (Å²) in [4.78, 5) is 23.7. The van der Waals surface area contributed by atoms with Crippen LogP contribution in [0.5, 0.6) is 11.5 Å². The maximum Gasteiger partial charge on any atom is 0.329 e. The van der Waals surface area contributed by atoms with Crippen molar-refractivity contribution in [3.8, 4) is 11.5 Å². The van der Waals surface area contributed by atoms with E-state index >= 15 is 0 Å². The lowest BCUT2D eigenvalue weighted by Crippen LogP contribution is -2.32. The molecule has 0 saturated carbocycles. The van der Waals surface area contributed by atoms with Gasteiger partial charge in [-0.3, -0.25) is 9.59 Å². The first-order valence-electron chi connectivity index (χ1n) is 7.26. The Labute approximate surface area is 159 Å². The number of carbonyl (C=O) groups excluding carboxylic acids is 2. The number of benzene rings is 2. The molecule has 0 aliphatic carbocycles. The fraction of sp³-hybridized carbons (Fsp3) is 0.118. The Hall–Kier alpha value is -2.77. The van der Waals surface area contributed by atoms with E-state index in [0.717, 1.165) is 0 Å². The minimum Gasteiger partial charge on any atom is -0.497 e. The van der Waals surface area contributed by atoms with Crippen molar-refractivity contribution in [1.29, 1.82) is 0 Å². The highest BCUT2D eigenvalue weighted by molar-refractivity contribution is 6.45. The van der Waals surface area contributed by atoms with Crippen LogP contribution in [0.1, 0.15) is 5.56 Å². The second-order valence-electron chi connectivity index (χ2n) is 4.86. The average molecular weight is 396 g/mol. The molecule has 0 saturated heterocycles. The van der Waals surface area contributed by atoms with Crippen molar-refractivity contribution in [3.05, 3.63) is 52.0 Å². The van der Waals surface area contributed by atoms with E-state index in [1.807, 2.05) is 0 Å². The zero-order valence-corrected chi connectivity index (χ0v) is 15.4. The SMILES string of the molecule is COc1ccc(OC)c(/C=N\NC(=O)C(=O)Nc2cccc(Cl)c2Cl)c1. The maximum atomic E-state index is 11.9. The normalized spacial score (nSPS) is 10.5. The van der Waals surface area contributed by atoms with Gasteiger partial charge in [-0.15, -0.1) is 0 Å². The molecular weight excluding hydrogens is 381 g/mol. The molecule has 2 aromatic rings. The number of halogens is 2. The molecule has 136 valence electrons. The summed E-state index contributed by atoms with van der Waals surface area (Å²) >= 11 is 11.8. The zero-order valence-electron chi connectivity index (χ0n) is 13.9. The quantitative estimate of drug-likeness (QED) is 0.462. The van der Waals surface area contributed by atoms with Gasteiger partial charge in [0.1, 0.15) is 11.5 Å².